The predicted molar refractivity (Wildman–Crippen MR) is 147 cm³/mol. The van der Waals surface area contributed by atoms with Gasteiger partial charge in [-0.3, -0.25) is 24.1 Å². The molecule has 4 rings (SSSR count). The molecular formula is C30H30ClN3O4. The van der Waals surface area contributed by atoms with Crippen LogP contribution in [0.2, 0.25) is 5.02 Å². The summed E-state index contributed by atoms with van der Waals surface area (Å²) >= 11 is 6.55. The molecule has 0 saturated heterocycles. The fourth-order valence-electron chi connectivity index (χ4n) is 4.97. The molecule has 0 radical (unpaired) electrons. The highest BCUT2D eigenvalue weighted by Gasteiger charge is 2.45. The molecule has 0 saturated carbocycles. The van der Waals surface area contributed by atoms with Crippen LogP contribution in [0.5, 0.6) is 0 Å². The average Bonchev–Trinajstić information content (AvgIpc) is 3.16. The lowest BCUT2D eigenvalue weighted by Gasteiger charge is -2.35. The molecule has 4 amide bonds. The second kappa shape index (κ2) is 11.2. The van der Waals surface area contributed by atoms with Crippen LogP contribution in [0.4, 0.5) is 5.69 Å². The largest absolute Gasteiger partial charge is 0.325 e. The van der Waals surface area contributed by atoms with Gasteiger partial charge in [0.15, 0.2) is 0 Å². The third-order valence-corrected chi connectivity index (χ3v) is 7.27. The number of nitrogens with one attached hydrogen (secondary N) is 1. The first-order valence-corrected chi connectivity index (χ1v) is 13.0. The number of anilines is 1. The van der Waals surface area contributed by atoms with Gasteiger partial charge in [0.25, 0.3) is 17.7 Å². The van der Waals surface area contributed by atoms with Gasteiger partial charge in [0.2, 0.25) is 5.91 Å². The molecule has 196 valence electrons. The van der Waals surface area contributed by atoms with Crippen molar-refractivity contribution in [3.05, 3.63) is 99.6 Å². The summed E-state index contributed by atoms with van der Waals surface area (Å²) in [6.07, 6.45) is 0.189. The van der Waals surface area contributed by atoms with Crippen molar-refractivity contribution in [2.45, 2.75) is 46.2 Å². The van der Waals surface area contributed by atoms with Crippen molar-refractivity contribution in [1.29, 1.82) is 0 Å². The highest BCUT2D eigenvalue weighted by molar-refractivity contribution is 6.31. The Labute approximate surface area is 227 Å². The summed E-state index contributed by atoms with van der Waals surface area (Å²) < 4.78 is 0. The summed E-state index contributed by atoms with van der Waals surface area (Å²) in [6, 6.07) is 16.9. The maximum atomic E-state index is 14.1. The number of fused-ring (bicyclic) bond motifs is 1. The Bertz CT molecular complexity index is 1360. The molecule has 0 spiro atoms. The fraction of sp³-hybridized carbons (Fsp3) is 0.267. The normalized spacial score (nSPS) is 14.2. The van der Waals surface area contributed by atoms with Gasteiger partial charge >= 0.3 is 0 Å². The number of carbonyl (C=O) groups is 4. The zero-order valence-electron chi connectivity index (χ0n) is 21.8. The van der Waals surface area contributed by atoms with Gasteiger partial charge in [0.1, 0.15) is 12.1 Å². The summed E-state index contributed by atoms with van der Waals surface area (Å²) in [5.41, 5.74) is 3.39. The molecule has 3 aromatic carbocycles. The van der Waals surface area contributed by atoms with E-state index in [1.54, 1.807) is 62.4 Å². The summed E-state index contributed by atoms with van der Waals surface area (Å²) in [6.45, 7) is 7.43. The van der Waals surface area contributed by atoms with E-state index in [9.17, 15) is 19.2 Å². The van der Waals surface area contributed by atoms with E-state index in [2.05, 4.69) is 5.32 Å². The van der Waals surface area contributed by atoms with Crippen LogP contribution in [0, 0.1) is 13.8 Å². The molecule has 7 nitrogen and oxygen atoms in total. The van der Waals surface area contributed by atoms with Crippen molar-refractivity contribution < 1.29 is 19.2 Å². The molecule has 0 aliphatic carbocycles. The van der Waals surface area contributed by atoms with Gasteiger partial charge in [-0.05, 0) is 56.5 Å². The Hall–Kier alpha value is -3.97. The SMILES string of the molecule is CC[C@@H](C(=O)N(CC)[C@@H](C(=O)Nc1c(C)cccc1C)c1ccccc1Cl)N1C(=O)c2ccccc2C1=O. The van der Waals surface area contributed by atoms with E-state index >= 15 is 0 Å². The van der Waals surface area contributed by atoms with E-state index in [4.69, 9.17) is 11.6 Å². The highest BCUT2D eigenvalue weighted by Crippen LogP contribution is 2.33. The van der Waals surface area contributed by atoms with E-state index in [0.29, 0.717) is 16.3 Å². The Morgan fingerprint density at radius 3 is 1.95 bits per heavy atom. The first-order chi connectivity index (χ1) is 18.2. The number of imide groups is 1. The highest BCUT2D eigenvalue weighted by atomic mass is 35.5. The zero-order valence-corrected chi connectivity index (χ0v) is 22.6. The van der Waals surface area contributed by atoms with Gasteiger partial charge in [-0.25, -0.2) is 0 Å². The monoisotopic (exact) mass is 531 g/mol. The summed E-state index contributed by atoms with van der Waals surface area (Å²) in [5, 5.41) is 3.32. The minimum atomic E-state index is -1.09. The maximum absolute atomic E-state index is 14.1. The van der Waals surface area contributed by atoms with Crippen LogP contribution in [0.3, 0.4) is 0 Å². The van der Waals surface area contributed by atoms with Crippen LogP contribution in [-0.2, 0) is 9.59 Å². The standard InChI is InChI=1S/C30H30ClN3O4/c1-5-24(34-28(36)20-14-7-8-15-21(20)29(34)37)30(38)33(6-2)26(22-16-9-10-17-23(22)31)27(35)32-25-18(3)12-11-13-19(25)4/h7-17,24,26H,5-6H2,1-4H3,(H,32,35)/t24-,26+/m0/s1. The van der Waals surface area contributed by atoms with Crippen LogP contribution in [0.1, 0.15) is 63.7 Å². The number of nitrogens with zero attached hydrogens (tertiary/aromatic N) is 2. The quantitative estimate of drug-likeness (QED) is 0.385. The minimum absolute atomic E-state index is 0.147. The van der Waals surface area contributed by atoms with Gasteiger partial charge in [-0.15, -0.1) is 0 Å². The van der Waals surface area contributed by atoms with E-state index in [1.165, 1.54) is 4.90 Å². The fourth-order valence-corrected chi connectivity index (χ4v) is 5.21. The summed E-state index contributed by atoms with van der Waals surface area (Å²) in [5.74, 6) is -1.98. The molecule has 1 aliphatic rings. The molecule has 0 unspecified atom stereocenters. The third kappa shape index (κ3) is 4.82. The number of amides is 4. The molecule has 8 heteroatoms. The van der Waals surface area contributed by atoms with Crippen molar-refractivity contribution in [2.24, 2.45) is 0 Å². The van der Waals surface area contributed by atoms with Gasteiger partial charge in [-0.2, -0.15) is 0 Å². The van der Waals surface area contributed by atoms with Crippen molar-refractivity contribution in [3.8, 4) is 0 Å². The van der Waals surface area contributed by atoms with Crippen LogP contribution < -0.4 is 5.32 Å². The first-order valence-electron chi connectivity index (χ1n) is 12.6. The Morgan fingerprint density at radius 2 is 1.42 bits per heavy atom. The third-order valence-electron chi connectivity index (χ3n) is 6.92. The van der Waals surface area contributed by atoms with Crippen LogP contribution in [0.25, 0.3) is 0 Å². The molecule has 2 atom stereocenters. The Morgan fingerprint density at radius 1 is 0.868 bits per heavy atom. The topological polar surface area (TPSA) is 86.8 Å². The van der Waals surface area contributed by atoms with Crippen molar-refractivity contribution in [2.75, 3.05) is 11.9 Å². The van der Waals surface area contributed by atoms with Gasteiger partial charge < -0.3 is 10.2 Å². The molecule has 1 aliphatic heterocycles. The van der Waals surface area contributed by atoms with Gasteiger partial charge in [0.05, 0.1) is 11.1 Å². The molecule has 3 aromatic rings. The predicted octanol–water partition coefficient (Wildman–Crippen LogP) is 5.56. The van der Waals surface area contributed by atoms with Crippen LogP contribution in [-0.4, -0.2) is 46.0 Å². The first kappa shape index (κ1) is 27.1. The molecule has 38 heavy (non-hydrogen) atoms. The number of carbonyl (C=O) groups excluding carboxylic acids is 4. The second-order valence-electron chi connectivity index (χ2n) is 9.25. The number of hydrogen-bond acceptors (Lipinski definition) is 4. The van der Waals surface area contributed by atoms with Gasteiger partial charge in [-0.1, -0.05) is 67.1 Å². The van der Waals surface area contributed by atoms with Crippen LogP contribution in [0.15, 0.2) is 66.7 Å². The number of benzene rings is 3. The second-order valence-corrected chi connectivity index (χ2v) is 9.66. The number of rotatable bonds is 8. The summed E-state index contributed by atoms with van der Waals surface area (Å²) in [7, 11) is 0. The zero-order chi connectivity index (χ0) is 27.6. The Kier molecular flexibility index (Phi) is 7.97. The molecular weight excluding hydrogens is 502 g/mol. The van der Waals surface area contributed by atoms with Crippen molar-refractivity contribution in [3.63, 3.8) is 0 Å². The minimum Gasteiger partial charge on any atom is -0.325 e. The lowest BCUT2D eigenvalue weighted by molar-refractivity contribution is -0.142. The van der Waals surface area contributed by atoms with E-state index in [1.807, 2.05) is 32.0 Å². The smallest absolute Gasteiger partial charge is 0.262 e. The van der Waals surface area contributed by atoms with E-state index in [-0.39, 0.29) is 24.1 Å². The molecule has 0 fully saturated rings. The molecule has 1 heterocycles. The van der Waals surface area contributed by atoms with Crippen LogP contribution >= 0.6 is 11.6 Å². The maximum Gasteiger partial charge on any atom is 0.262 e. The molecule has 0 aromatic heterocycles. The molecule has 0 bridgehead atoms. The summed E-state index contributed by atoms with van der Waals surface area (Å²) in [4.78, 5) is 56.8. The van der Waals surface area contributed by atoms with E-state index < -0.39 is 35.7 Å². The number of aryl methyl sites for hydroxylation is 2. The number of halogens is 1. The molecule has 1 N–H and O–H groups in total. The lowest BCUT2D eigenvalue weighted by atomic mass is 10.0. The number of hydrogen-bond donors (Lipinski definition) is 1. The van der Waals surface area contributed by atoms with E-state index in [0.717, 1.165) is 16.0 Å². The number of likely N-dealkylation sites (N-methyl/N-ethyl adjacent to an activating group) is 1. The van der Waals surface area contributed by atoms with Gasteiger partial charge in [0, 0.05) is 22.8 Å². The van der Waals surface area contributed by atoms with Crippen molar-refractivity contribution >= 4 is 40.9 Å². The number of para-hydroxylation sites is 1. The lowest BCUT2D eigenvalue weighted by Crippen LogP contribution is -2.53. The van der Waals surface area contributed by atoms with Crippen molar-refractivity contribution in [1.82, 2.24) is 9.80 Å². The Balaban J connectivity index is 1.74. The average molecular weight is 532 g/mol.